The largest absolute Gasteiger partial charge is 0.496 e. The summed E-state index contributed by atoms with van der Waals surface area (Å²) in [5.41, 5.74) is 2.48. The molecule has 2 aromatic rings. The summed E-state index contributed by atoms with van der Waals surface area (Å²) in [5, 5.41) is 16.0. The molecule has 0 saturated carbocycles. The van der Waals surface area contributed by atoms with Crippen molar-refractivity contribution in [2.75, 3.05) is 32.2 Å². The fourth-order valence-corrected chi connectivity index (χ4v) is 5.58. The van der Waals surface area contributed by atoms with Crippen molar-refractivity contribution in [3.63, 3.8) is 0 Å². The van der Waals surface area contributed by atoms with Crippen LogP contribution in [-0.4, -0.2) is 62.2 Å². The van der Waals surface area contributed by atoms with Crippen LogP contribution in [0.5, 0.6) is 11.5 Å². The molecule has 9 nitrogen and oxygen atoms in total. The molecular formula is C28H34N2O7. The molecule has 2 aromatic carbocycles. The Labute approximate surface area is 216 Å². The molecule has 0 unspecified atom stereocenters. The summed E-state index contributed by atoms with van der Waals surface area (Å²) in [6.07, 6.45) is 1.06. The first-order valence-corrected chi connectivity index (χ1v) is 12.9. The van der Waals surface area contributed by atoms with Gasteiger partial charge in [-0.3, -0.25) is 9.59 Å². The standard InChI is InChI=1S/C28H34N2O7/c1-34-23-5-3-2-4-17(23)15-29-26(32)14-20-13-22-21-12-18(30-28(33)27(22)25(16-31)37-20)6-7-24(21)36-19-8-10-35-11-9-19/h2-7,12,19-20,22,25,27,31H,8-11,13-16H2,1H3,(H,29,32)(H,30,33)/t20-,22-,25-,27+/m1/s1. The lowest BCUT2D eigenvalue weighted by Gasteiger charge is -2.40. The maximum absolute atomic E-state index is 13.2. The van der Waals surface area contributed by atoms with Gasteiger partial charge in [-0.25, -0.2) is 0 Å². The quantitative estimate of drug-likeness (QED) is 0.500. The summed E-state index contributed by atoms with van der Waals surface area (Å²) in [4.78, 5) is 26.0. The molecule has 2 saturated heterocycles. The van der Waals surface area contributed by atoms with Crippen LogP contribution in [0.15, 0.2) is 42.5 Å². The Bertz CT molecular complexity index is 1120. The lowest BCUT2D eigenvalue weighted by Crippen LogP contribution is -2.48. The number of para-hydroxylation sites is 1. The minimum absolute atomic E-state index is 0.0474. The highest BCUT2D eigenvalue weighted by molar-refractivity contribution is 5.95. The first-order chi connectivity index (χ1) is 18.1. The highest BCUT2D eigenvalue weighted by Gasteiger charge is 2.46. The maximum Gasteiger partial charge on any atom is 0.230 e. The van der Waals surface area contributed by atoms with Gasteiger partial charge in [0, 0.05) is 42.1 Å². The van der Waals surface area contributed by atoms with Crippen LogP contribution in [-0.2, 0) is 25.6 Å². The fourth-order valence-electron chi connectivity index (χ4n) is 5.58. The van der Waals surface area contributed by atoms with Gasteiger partial charge in [-0.05, 0) is 30.7 Å². The van der Waals surface area contributed by atoms with Crippen molar-refractivity contribution < 1.29 is 33.6 Å². The summed E-state index contributed by atoms with van der Waals surface area (Å²) in [6.45, 7) is 1.34. The number of anilines is 1. The van der Waals surface area contributed by atoms with E-state index in [9.17, 15) is 14.7 Å². The van der Waals surface area contributed by atoms with Crippen molar-refractivity contribution in [2.24, 2.45) is 5.92 Å². The van der Waals surface area contributed by atoms with E-state index >= 15 is 0 Å². The number of fused-ring (bicyclic) bond motifs is 4. The SMILES string of the molecule is COc1ccccc1CNC(=O)C[C@H]1C[C@@H]2c3cc(ccc3OC3CCOCC3)NC(=O)[C@@H]2[C@@H](CO)O1. The average molecular weight is 511 g/mol. The van der Waals surface area contributed by atoms with Gasteiger partial charge in [0.2, 0.25) is 11.8 Å². The van der Waals surface area contributed by atoms with Crippen molar-refractivity contribution in [2.45, 2.75) is 56.5 Å². The highest BCUT2D eigenvalue weighted by Crippen LogP contribution is 2.46. The molecule has 3 aliphatic rings. The molecule has 0 aliphatic carbocycles. The molecule has 9 heteroatoms. The molecule has 2 bridgehead atoms. The molecule has 3 N–H and O–H groups in total. The van der Waals surface area contributed by atoms with E-state index in [-0.39, 0.29) is 36.9 Å². The summed E-state index contributed by atoms with van der Waals surface area (Å²) in [6, 6.07) is 13.2. The van der Waals surface area contributed by atoms with E-state index in [1.807, 2.05) is 42.5 Å². The topological polar surface area (TPSA) is 115 Å². The number of carbonyl (C=O) groups is 2. The Balaban J connectivity index is 1.32. The second kappa shape index (κ2) is 11.5. The monoisotopic (exact) mass is 510 g/mol. The predicted molar refractivity (Wildman–Crippen MR) is 136 cm³/mol. The van der Waals surface area contributed by atoms with Gasteiger partial charge in [0.25, 0.3) is 0 Å². The highest BCUT2D eigenvalue weighted by atomic mass is 16.5. The number of hydrogen-bond acceptors (Lipinski definition) is 7. The van der Waals surface area contributed by atoms with Crippen LogP contribution in [0.1, 0.15) is 42.7 Å². The van der Waals surface area contributed by atoms with E-state index in [4.69, 9.17) is 18.9 Å². The molecule has 37 heavy (non-hydrogen) atoms. The van der Waals surface area contributed by atoms with E-state index in [1.165, 1.54) is 0 Å². The third-order valence-corrected chi connectivity index (χ3v) is 7.42. The number of ether oxygens (including phenoxy) is 4. The molecular weight excluding hydrogens is 476 g/mol. The van der Waals surface area contributed by atoms with E-state index in [0.29, 0.717) is 37.6 Å². The zero-order valence-corrected chi connectivity index (χ0v) is 21.0. The number of carbonyl (C=O) groups excluding carboxylic acids is 2. The van der Waals surface area contributed by atoms with Crippen molar-refractivity contribution in [1.29, 1.82) is 0 Å². The second-order valence-electron chi connectivity index (χ2n) is 9.81. The van der Waals surface area contributed by atoms with E-state index in [2.05, 4.69) is 10.6 Å². The fraction of sp³-hybridized carbons (Fsp3) is 0.500. The van der Waals surface area contributed by atoms with Crippen LogP contribution in [0.2, 0.25) is 0 Å². The zero-order valence-electron chi connectivity index (χ0n) is 21.0. The molecule has 5 rings (SSSR count). The predicted octanol–water partition coefficient (Wildman–Crippen LogP) is 2.76. The Kier molecular flexibility index (Phi) is 7.93. The van der Waals surface area contributed by atoms with E-state index in [1.54, 1.807) is 7.11 Å². The number of aliphatic hydroxyl groups is 1. The average Bonchev–Trinajstić information content (AvgIpc) is 3.03. The second-order valence-corrected chi connectivity index (χ2v) is 9.81. The van der Waals surface area contributed by atoms with Gasteiger partial charge in [-0.15, -0.1) is 0 Å². The number of hydrogen-bond donors (Lipinski definition) is 3. The third kappa shape index (κ3) is 5.74. The molecule has 0 aromatic heterocycles. The summed E-state index contributed by atoms with van der Waals surface area (Å²) < 4.78 is 23.3. The number of amides is 2. The van der Waals surface area contributed by atoms with Crippen LogP contribution in [0.4, 0.5) is 5.69 Å². The third-order valence-electron chi connectivity index (χ3n) is 7.42. The Morgan fingerprint density at radius 2 is 1.97 bits per heavy atom. The van der Waals surface area contributed by atoms with Crippen molar-refractivity contribution in [3.05, 3.63) is 53.6 Å². The van der Waals surface area contributed by atoms with Crippen molar-refractivity contribution >= 4 is 17.5 Å². The van der Waals surface area contributed by atoms with Gasteiger partial charge in [-0.2, -0.15) is 0 Å². The number of aliphatic hydroxyl groups excluding tert-OH is 1. The van der Waals surface area contributed by atoms with E-state index < -0.39 is 18.1 Å². The zero-order chi connectivity index (χ0) is 25.8. The molecule has 2 amide bonds. The number of benzene rings is 2. The van der Waals surface area contributed by atoms with Crippen LogP contribution in [0.25, 0.3) is 0 Å². The molecule has 3 heterocycles. The summed E-state index contributed by atoms with van der Waals surface area (Å²) in [5.74, 6) is 0.240. The smallest absolute Gasteiger partial charge is 0.230 e. The lowest BCUT2D eigenvalue weighted by molar-refractivity contribution is -0.148. The lowest BCUT2D eigenvalue weighted by atomic mass is 9.76. The number of nitrogens with one attached hydrogen (secondary N) is 2. The number of methoxy groups -OCH3 is 1. The van der Waals surface area contributed by atoms with Crippen LogP contribution >= 0.6 is 0 Å². The van der Waals surface area contributed by atoms with E-state index in [0.717, 1.165) is 29.7 Å². The van der Waals surface area contributed by atoms with Gasteiger partial charge in [0.15, 0.2) is 0 Å². The van der Waals surface area contributed by atoms with Crippen molar-refractivity contribution in [3.8, 4) is 11.5 Å². The normalized spacial score (nSPS) is 25.4. The Morgan fingerprint density at radius 1 is 1.16 bits per heavy atom. The van der Waals surface area contributed by atoms with Gasteiger partial charge < -0.3 is 34.7 Å². The Hall–Kier alpha value is -3.14. The minimum Gasteiger partial charge on any atom is -0.496 e. The van der Waals surface area contributed by atoms with Crippen molar-refractivity contribution in [1.82, 2.24) is 5.32 Å². The van der Waals surface area contributed by atoms with Gasteiger partial charge in [0.05, 0.1) is 51.5 Å². The molecule has 4 atom stereocenters. The first-order valence-electron chi connectivity index (χ1n) is 12.9. The molecule has 3 aliphatic heterocycles. The van der Waals surface area contributed by atoms with Gasteiger partial charge in [-0.1, -0.05) is 18.2 Å². The summed E-state index contributed by atoms with van der Waals surface area (Å²) in [7, 11) is 1.60. The molecule has 198 valence electrons. The molecule has 0 radical (unpaired) electrons. The number of rotatable bonds is 8. The van der Waals surface area contributed by atoms with Crippen LogP contribution < -0.4 is 20.1 Å². The van der Waals surface area contributed by atoms with Crippen LogP contribution in [0, 0.1) is 5.92 Å². The first kappa shape index (κ1) is 25.5. The van der Waals surface area contributed by atoms with Gasteiger partial charge >= 0.3 is 0 Å². The Morgan fingerprint density at radius 3 is 2.76 bits per heavy atom. The maximum atomic E-state index is 13.2. The molecule has 0 spiro atoms. The minimum atomic E-state index is -0.726. The van der Waals surface area contributed by atoms with Crippen LogP contribution in [0.3, 0.4) is 0 Å². The van der Waals surface area contributed by atoms with Gasteiger partial charge in [0.1, 0.15) is 17.6 Å². The molecule has 2 fully saturated rings. The summed E-state index contributed by atoms with van der Waals surface area (Å²) >= 11 is 0.